The summed E-state index contributed by atoms with van der Waals surface area (Å²) < 4.78 is 48.4. The lowest BCUT2D eigenvalue weighted by atomic mass is 10.1. The maximum absolute atomic E-state index is 12.8. The van der Waals surface area contributed by atoms with Gasteiger partial charge in [-0.2, -0.15) is 13.2 Å². The van der Waals surface area contributed by atoms with Gasteiger partial charge in [-0.1, -0.05) is 24.3 Å². The van der Waals surface area contributed by atoms with Crippen molar-refractivity contribution in [2.24, 2.45) is 0 Å². The lowest BCUT2D eigenvalue weighted by Gasteiger charge is -2.11. The topological polar surface area (TPSA) is 68.5 Å². The van der Waals surface area contributed by atoms with Crippen molar-refractivity contribution >= 4 is 17.6 Å². The number of benzene rings is 2. The number of hydrogen-bond donors (Lipinski definition) is 1. The van der Waals surface area contributed by atoms with Gasteiger partial charge in [0.2, 0.25) is 0 Å². The van der Waals surface area contributed by atoms with Gasteiger partial charge in [-0.25, -0.2) is 4.79 Å². The van der Waals surface area contributed by atoms with Crippen LogP contribution in [0.1, 0.15) is 32.0 Å². The third kappa shape index (κ3) is 4.59. The molecule has 144 valence electrons. The molecule has 0 unspecified atom stereocenters. The minimum atomic E-state index is -4.48. The van der Waals surface area contributed by atoms with Gasteiger partial charge in [0.25, 0.3) is 5.91 Å². The first kappa shape index (κ1) is 19.2. The van der Waals surface area contributed by atoms with Gasteiger partial charge in [0, 0.05) is 0 Å². The van der Waals surface area contributed by atoms with E-state index in [9.17, 15) is 22.8 Å². The number of carbonyl (C=O) groups is 2. The number of amides is 1. The normalized spacial score (nSPS) is 11.1. The summed E-state index contributed by atoms with van der Waals surface area (Å²) in [7, 11) is 0. The van der Waals surface area contributed by atoms with Gasteiger partial charge in [-0.15, -0.1) is 0 Å². The summed E-state index contributed by atoms with van der Waals surface area (Å²) in [6.07, 6.45) is -3.15. The summed E-state index contributed by atoms with van der Waals surface area (Å²) in [4.78, 5) is 24.5. The van der Waals surface area contributed by atoms with E-state index >= 15 is 0 Å². The largest absolute Gasteiger partial charge is 0.459 e. The number of halogens is 3. The van der Waals surface area contributed by atoms with E-state index < -0.39 is 23.6 Å². The Morgan fingerprint density at radius 1 is 1.00 bits per heavy atom. The van der Waals surface area contributed by atoms with E-state index in [4.69, 9.17) is 9.15 Å². The van der Waals surface area contributed by atoms with Crippen molar-refractivity contribution in [1.82, 2.24) is 0 Å². The van der Waals surface area contributed by atoms with Crippen molar-refractivity contribution in [3.05, 3.63) is 89.4 Å². The van der Waals surface area contributed by atoms with Crippen LogP contribution in [0.5, 0.6) is 0 Å². The third-order valence-electron chi connectivity index (χ3n) is 3.76. The van der Waals surface area contributed by atoms with E-state index in [2.05, 4.69) is 5.32 Å². The van der Waals surface area contributed by atoms with Gasteiger partial charge in [-0.05, 0) is 42.0 Å². The summed E-state index contributed by atoms with van der Waals surface area (Å²) in [5.41, 5.74) is -0.375. The lowest BCUT2D eigenvalue weighted by Crippen LogP contribution is -2.15. The van der Waals surface area contributed by atoms with Crippen LogP contribution in [0, 0.1) is 0 Å². The predicted octanol–water partition coefficient (Wildman–Crippen LogP) is 4.91. The Kier molecular flexibility index (Phi) is 5.49. The van der Waals surface area contributed by atoms with Crippen LogP contribution in [0.25, 0.3) is 0 Å². The van der Waals surface area contributed by atoms with Crippen molar-refractivity contribution in [1.29, 1.82) is 0 Å². The molecular weight excluding hydrogens is 375 g/mol. The van der Waals surface area contributed by atoms with Crippen LogP contribution in [0.15, 0.2) is 71.3 Å². The highest BCUT2D eigenvalue weighted by Gasteiger charge is 2.30. The lowest BCUT2D eigenvalue weighted by molar-refractivity contribution is -0.137. The van der Waals surface area contributed by atoms with Crippen molar-refractivity contribution in [3.63, 3.8) is 0 Å². The maximum Gasteiger partial charge on any atom is 0.416 e. The van der Waals surface area contributed by atoms with Crippen LogP contribution in [-0.2, 0) is 17.5 Å². The van der Waals surface area contributed by atoms with E-state index in [1.54, 1.807) is 18.2 Å². The monoisotopic (exact) mass is 389 g/mol. The Hall–Kier alpha value is -3.55. The Morgan fingerprint density at radius 2 is 1.79 bits per heavy atom. The zero-order valence-electron chi connectivity index (χ0n) is 14.3. The molecule has 3 rings (SSSR count). The van der Waals surface area contributed by atoms with Crippen molar-refractivity contribution in [3.8, 4) is 0 Å². The quantitative estimate of drug-likeness (QED) is 0.630. The predicted molar refractivity (Wildman–Crippen MR) is 93.7 cm³/mol. The molecule has 0 saturated carbocycles. The second-order valence-electron chi connectivity index (χ2n) is 5.75. The summed E-state index contributed by atoms with van der Waals surface area (Å²) in [6.45, 7) is -0.344. The molecule has 5 nitrogen and oxygen atoms in total. The number of nitrogens with one attached hydrogen (secondary N) is 1. The molecule has 1 aromatic heterocycles. The van der Waals surface area contributed by atoms with E-state index in [1.807, 2.05) is 0 Å². The van der Waals surface area contributed by atoms with Crippen molar-refractivity contribution in [2.45, 2.75) is 12.8 Å². The molecule has 0 aliphatic heterocycles. The Labute approximate surface area is 157 Å². The zero-order valence-corrected chi connectivity index (χ0v) is 14.3. The average molecular weight is 389 g/mol. The number of para-hydroxylation sites is 1. The van der Waals surface area contributed by atoms with Gasteiger partial charge in [-0.3, -0.25) is 4.79 Å². The highest BCUT2D eigenvalue weighted by atomic mass is 19.4. The molecule has 2 aromatic carbocycles. The molecule has 1 amide bonds. The molecule has 0 aliphatic carbocycles. The fraction of sp³-hybridized carbons (Fsp3) is 0.100. The van der Waals surface area contributed by atoms with Crippen LogP contribution < -0.4 is 5.32 Å². The molecule has 0 radical (unpaired) electrons. The number of anilines is 1. The molecule has 1 N–H and O–H groups in total. The SMILES string of the molecule is O=C(Nc1ccccc1C(=O)OCc1cccc(C(F)(F)F)c1)c1ccco1. The van der Waals surface area contributed by atoms with E-state index in [1.165, 1.54) is 36.6 Å². The first-order valence-corrected chi connectivity index (χ1v) is 8.12. The molecular formula is C20H14F3NO4. The minimum Gasteiger partial charge on any atom is -0.459 e. The van der Waals surface area contributed by atoms with E-state index in [0.717, 1.165) is 12.1 Å². The molecule has 0 spiro atoms. The molecule has 1 heterocycles. The van der Waals surface area contributed by atoms with E-state index in [-0.39, 0.29) is 29.2 Å². The number of esters is 1. The Morgan fingerprint density at radius 3 is 2.50 bits per heavy atom. The molecule has 0 aliphatic rings. The first-order chi connectivity index (χ1) is 13.3. The minimum absolute atomic E-state index is 0.0622. The summed E-state index contributed by atoms with van der Waals surface area (Å²) >= 11 is 0. The Bertz CT molecular complexity index is 981. The Balaban J connectivity index is 1.71. The second kappa shape index (κ2) is 7.99. The molecule has 3 aromatic rings. The summed E-state index contributed by atoms with van der Waals surface area (Å²) in [5.74, 6) is -1.27. The highest BCUT2D eigenvalue weighted by molar-refractivity contribution is 6.06. The van der Waals surface area contributed by atoms with Crippen LogP contribution >= 0.6 is 0 Å². The average Bonchev–Trinajstić information content (AvgIpc) is 3.21. The van der Waals surface area contributed by atoms with Crippen LogP contribution in [0.4, 0.5) is 18.9 Å². The molecule has 0 bridgehead atoms. The molecule has 0 atom stereocenters. The fourth-order valence-corrected chi connectivity index (χ4v) is 2.43. The number of rotatable bonds is 5. The van der Waals surface area contributed by atoms with Gasteiger partial charge in [0.1, 0.15) is 6.61 Å². The number of hydrogen-bond acceptors (Lipinski definition) is 4. The zero-order chi connectivity index (χ0) is 20.1. The van der Waals surface area contributed by atoms with Crippen LogP contribution in [-0.4, -0.2) is 11.9 Å². The smallest absolute Gasteiger partial charge is 0.416 e. The van der Waals surface area contributed by atoms with Gasteiger partial charge < -0.3 is 14.5 Å². The fourth-order valence-electron chi connectivity index (χ4n) is 2.43. The highest BCUT2D eigenvalue weighted by Crippen LogP contribution is 2.29. The number of alkyl halides is 3. The van der Waals surface area contributed by atoms with Crippen molar-refractivity contribution < 1.29 is 31.9 Å². The van der Waals surface area contributed by atoms with Crippen LogP contribution in [0.2, 0.25) is 0 Å². The van der Waals surface area contributed by atoms with Gasteiger partial charge >= 0.3 is 12.1 Å². The van der Waals surface area contributed by atoms with Crippen molar-refractivity contribution in [2.75, 3.05) is 5.32 Å². The van der Waals surface area contributed by atoms with Gasteiger partial charge in [0.05, 0.1) is 23.1 Å². The molecule has 28 heavy (non-hydrogen) atoms. The summed E-state index contributed by atoms with van der Waals surface area (Å²) in [5, 5.41) is 2.54. The van der Waals surface area contributed by atoms with Gasteiger partial charge in [0.15, 0.2) is 5.76 Å². The number of furan rings is 1. The third-order valence-corrected chi connectivity index (χ3v) is 3.76. The number of carbonyl (C=O) groups excluding carboxylic acids is 2. The molecule has 0 saturated heterocycles. The van der Waals surface area contributed by atoms with E-state index in [0.29, 0.717) is 0 Å². The summed E-state index contributed by atoms with van der Waals surface area (Å²) in [6, 6.07) is 13.6. The first-order valence-electron chi connectivity index (χ1n) is 8.12. The molecule has 0 fully saturated rings. The maximum atomic E-state index is 12.8. The number of ether oxygens (including phenoxy) is 1. The standard InChI is InChI=1S/C20H14F3NO4/c21-20(22,23)14-6-3-5-13(11-14)12-28-19(26)15-7-1-2-8-16(15)24-18(25)17-9-4-10-27-17/h1-11H,12H2,(H,24,25). The molecule has 8 heteroatoms. The van der Waals surface area contributed by atoms with Crippen LogP contribution in [0.3, 0.4) is 0 Å². The second-order valence-corrected chi connectivity index (χ2v) is 5.75.